The standard InChI is InChI=1S/C11H13NO3/c13-9-12(7-4-8-15-10-14)11-5-2-1-3-6-11/h1-3,5-6,9-10H,4,7-8H2. The quantitative estimate of drug-likeness (QED) is 0.498. The third kappa shape index (κ3) is 3.81. The van der Waals surface area contributed by atoms with Crippen LogP contribution in [0.5, 0.6) is 0 Å². The van der Waals surface area contributed by atoms with Crippen LogP contribution in [0.4, 0.5) is 5.69 Å². The van der Waals surface area contributed by atoms with E-state index in [0.29, 0.717) is 26.0 Å². The second kappa shape index (κ2) is 6.59. The first-order valence-corrected chi connectivity index (χ1v) is 4.70. The highest BCUT2D eigenvalue weighted by Gasteiger charge is 2.03. The van der Waals surface area contributed by atoms with Crippen LogP contribution in [0, 0.1) is 0 Å². The van der Waals surface area contributed by atoms with E-state index < -0.39 is 0 Å². The molecule has 4 heteroatoms. The Labute approximate surface area is 88.5 Å². The minimum absolute atomic E-state index is 0.334. The first-order chi connectivity index (χ1) is 7.38. The number of carbonyl (C=O) groups is 2. The normalized spacial score (nSPS) is 9.33. The fraction of sp³-hybridized carbons (Fsp3) is 0.273. The summed E-state index contributed by atoms with van der Waals surface area (Å²) in [5.74, 6) is 0. The van der Waals surface area contributed by atoms with E-state index in [1.54, 1.807) is 4.90 Å². The monoisotopic (exact) mass is 207 g/mol. The third-order valence-electron chi connectivity index (χ3n) is 1.94. The number of benzene rings is 1. The van der Waals surface area contributed by atoms with Gasteiger partial charge in [0.25, 0.3) is 6.47 Å². The van der Waals surface area contributed by atoms with Gasteiger partial charge in [-0.15, -0.1) is 0 Å². The van der Waals surface area contributed by atoms with Crippen LogP contribution in [0.25, 0.3) is 0 Å². The summed E-state index contributed by atoms with van der Waals surface area (Å²) in [6.07, 6.45) is 1.41. The van der Waals surface area contributed by atoms with Crippen molar-refractivity contribution in [2.75, 3.05) is 18.1 Å². The Morgan fingerprint density at radius 2 is 1.93 bits per heavy atom. The van der Waals surface area contributed by atoms with Gasteiger partial charge in [0.05, 0.1) is 6.61 Å². The molecule has 0 atom stereocenters. The molecule has 0 unspecified atom stereocenters. The SMILES string of the molecule is O=COCCCN(C=O)c1ccccc1. The predicted molar refractivity (Wildman–Crippen MR) is 56.5 cm³/mol. The van der Waals surface area contributed by atoms with Crippen LogP contribution in [0.3, 0.4) is 0 Å². The molecular formula is C11H13NO3. The van der Waals surface area contributed by atoms with Crippen LogP contribution in [0.15, 0.2) is 30.3 Å². The van der Waals surface area contributed by atoms with E-state index in [0.717, 1.165) is 12.1 Å². The van der Waals surface area contributed by atoms with E-state index in [1.165, 1.54) is 0 Å². The predicted octanol–water partition coefficient (Wildman–Crippen LogP) is 1.21. The fourth-order valence-electron chi connectivity index (χ4n) is 1.23. The Hall–Kier alpha value is -1.84. The zero-order valence-corrected chi connectivity index (χ0v) is 8.33. The van der Waals surface area contributed by atoms with Gasteiger partial charge >= 0.3 is 0 Å². The summed E-state index contributed by atoms with van der Waals surface area (Å²) in [4.78, 5) is 22.2. The molecule has 0 aliphatic heterocycles. The molecule has 0 radical (unpaired) electrons. The van der Waals surface area contributed by atoms with E-state index in [2.05, 4.69) is 4.74 Å². The molecule has 80 valence electrons. The maximum atomic E-state index is 10.8. The molecule has 0 N–H and O–H groups in total. The van der Waals surface area contributed by atoms with Gasteiger partial charge in [0.2, 0.25) is 6.41 Å². The van der Waals surface area contributed by atoms with Gasteiger partial charge in [0.15, 0.2) is 0 Å². The van der Waals surface area contributed by atoms with Gasteiger partial charge in [-0.1, -0.05) is 18.2 Å². The highest BCUT2D eigenvalue weighted by Crippen LogP contribution is 2.11. The number of nitrogens with zero attached hydrogens (tertiary/aromatic N) is 1. The highest BCUT2D eigenvalue weighted by atomic mass is 16.5. The lowest BCUT2D eigenvalue weighted by atomic mass is 10.3. The average Bonchev–Trinajstić information content (AvgIpc) is 2.30. The van der Waals surface area contributed by atoms with E-state index >= 15 is 0 Å². The topological polar surface area (TPSA) is 46.6 Å². The van der Waals surface area contributed by atoms with Gasteiger partial charge in [0.1, 0.15) is 0 Å². The lowest BCUT2D eigenvalue weighted by Crippen LogP contribution is -2.23. The Morgan fingerprint density at radius 3 is 2.53 bits per heavy atom. The lowest BCUT2D eigenvalue weighted by molar-refractivity contribution is -0.128. The molecule has 15 heavy (non-hydrogen) atoms. The van der Waals surface area contributed by atoms with Gasteiger partial charge in [-0.2, -0.15) is 0 Å². The molecule has 4 nitrogen and oxygen atoms in total. The molecule has 1 rings (SSSR count). The molecule has 0 aliphatic rings. The Morgan fingerprint density at radius 1 is 1.20 bits per heavy atom. The van der Waals surface area contributed by atoms with E-state index in [4.69, 9.17) is 0 Å². The number of para-hydroxylation sites is 1. The van der Waals surface area contributed by atoms with Crippen molar-refractivity contribution in [2.24, 2.45) is 0 Å². The molecule has 1 aromatic rings. The van der Waals surface area contributed by atoms with Crippen molar-refractivity contribution in [3.63, 3.8) is 0 Å². The Balaban J connectivity index is 2.43. The number of carbonyl (C=O) groups excluding carboxylic acids is 2. The minimum Gasteiger partial charge on any atom is -0.468 e. The molecule has 0 aromatic heterocycles. The number of ether oxygens (including phenoxy) is 1. The molecular weight excluding hydrogens is 194 g/mol. The summed E-state index contributed by atoms with van der Waals surface area (Å²) in [6.45, 7) is 1.29. The Kier molecular flexibility index (Phi) is 4.94. The lowest BCUT2D eigenvalue weighted by Gasteiger charge is -2.16. The summed E-state index contributed by atoms with van der Waals surface area (Å²) in [7, 11) is 0. The number of anilines is 1. The minimum atomic E-state index is 0.334. The molecule has 1 aromatic carbocycles. The number of amides is 1. The van der Waals surface area contributed by atoms with Crippen LogP contribution in [-0.2, 0) is 14.3 Å². The molecule has 0 aliphatic carbocycles. The molecule has 1 amide bonds. The van der Waals surface area contributed by atoms with Crippen LogP contribution >= 0.6 is 0 Å². The first kappa shape index (κ1) is 11.2. The average molecular weight is 207 g/mol. The third-order valence-corrected chi connectivity index (χ3v) is 1.94. The molecule has 0 bridgehead atoms. The van der Waals surface area contributed by atoms with Crippen molar-refractivity contribution in [3.8, 4) is 0 Å². The molecule has 0 heterocycles. The van der Waals surface area contributed by atoms with Gasteiger partial charge in [-0.3, -0.25) is 9.59 Å². The second-order valence-electron chi connectivity index (χ2n) is 2.95. The van der Waals surface area contributed by atoms with E-state index in [1.807, 2.05) is 30.3 Å². The fourth-order valence-corrected chi connectivity index (χ4v) is 1.23. The molecule has 0 saturated carbocycles. The number of rotatable bonds is 7. The smallest absolute Gasteiger partial charge is 0.293 e. The van der Waals surface area contributed by atoms with Crippen LogP contribution in [0.1, 0.15) is 6.42 Å². The van der Waals surface area contributed by atoms with Crippen molar-refractivity contribution in [1.29, 1.82) is 0 Å². The largest absolute Gasteiger partial charge is 0.468 e. The zero-order chi connectivity index (χ0) is 10.9. The van der Waals surface area contributed by atoms with Gasteiger partial charge in [-0.05, 0) is 18.6 Å². The van der Waals surface area contributed by atoms with E-state index in [9.17, 15) is 9.59 Å². The maximum Gasteiger partial charge on any atom is 0.293 e. The van der Waals surface area contributed by atoms with Crippen molar-refractivity contribution in [3.05, 3.63) is 30.3 Å². The van der Waals surface area contributed by atoms with Crippen molar-refractivity contribution < 1.29 is 14.3 Å². The highest BCUT2D eigenvalue weighted by molar-refractivity contribution is 5.74. The number of hydrogen-bond donors (Lipinski definition) is 0. The van der Waals surface area contributed by atoms with Gasteiger partial charge in [-0.25, -0.2) is 0 Å². The summed E-state index contributed by atoms with van der Waals surface area (Å²) >= 11 is 0. The Bertz CT molecular complexity index is 300. The molecule has 0 saturated heterocycles. The van der Waals surface area contributed by atoms with Crippen molar-refractivity contribution in [2.45, 2.75) is 6.42 Å². The summed E-state index contributed by atoms with van der Waals surface area (Å²) in [5, 5.41) is 0. The van der Waals surface area contributed by atoms with Crippen LogP contribution < -0.4 is 4.90 Å². The van der Waals surface area contributed by atoms with Gasteiger partial charge < -0.3 is 9.64 Å². The summed E-state index contributed by atoms with van der Waals surface area (Å²) in [6, 6.07) is 9.34. The summed E-state index contributed by atoms with van der Waals surface area (Å²) in [5.41, 5.74) is 0.846. The second-order valence-corrected chi connectivity index (χ2v) is 2.95. The van der Waals surface area contributed by atoms with Crippen molar-refractivity contribution in [1.82, 2.24) is 0 Å². The summed E-state index contributed by atoms with van der Waals surface area (Å²) < 4.78 is 4.54. The van der Waals surface area contributed by atoms with Crippen molar-refractivity contribution >= 4 is 18.6 Å². The molecule has 0 fully saturated rings. The number of hydrogen-bond acceptors (Lipinski definition) is 3. The van der Waals surface area contributed by atoms with Crippen LogP contribution in [0.2, 0.25) is 0 Å². The molecule has 0 spiro atoms. The van der Waals surface area contributed by atoms with Gasteiger partial charge in [0, 0.05) is 12.2 Å². The van der Waals surface area contributed by atoms with E-state index in [-0.39, 0.29) is 0 Å². The van der Waals surface area contributed by atoms with Crippen LogP contribution in [-0.4, -0.2) is 26.0 Å². The zero-order valence-electron chi connectivity index (χ0n) is 8.33. The first-order valence-electron chi connectivity index (χ1n) is 4.70. The maximum absolute atomic E-state index is 10.8.